The molecule has 26 heavy (non-hydrogen) atoms. The maximum Gasteiger partial charge on any atom is 0.416 e. The molecular formula is C19H18F3N3O. The van der Waals surface area contributed by atoms with Gasteiger partial charge in [0.1, 0.15) is 5.75 Å². The first-order valence-electron chi connectivity index (χ1n) is 8.14. The molecule has 0 aliphatic rings. The number of rotatable bonds is 6. The minimum Gasteiger partial charge on any atom is -0.494 e. The van der Waals surface area contributed by atoms with Crippen LogP contribution in [0.5, 0.6) is 5.75 Å². The van der Waals surface area contributed by atoms with E-state index in [1.165, 1.54) is 12.1 Å². The summed E-state index contributed by atoms with van der Waals surface area (Å²) in [5, 5.41) is 3.07. The van der Waals surface area contributed by atoms with Crippen molar-refractivity contribution < 1.29 is 17.9 Å². The van der Waals surface area contributed by atoms with Crippen LogP contribution in [-0.2, 0) is 12.7 Å². The number of hydrogen-bond donors (Lipinski definition) is 2. The summed E-state index contributed by atoms with van der Waals surface area (Å²) in [5.41, 5.74) is 1.88. The highest BCUT2D eigenvalue weighted by atomic mass is 19.4. The summed E-state index contributed by atoms with van der Waals surface area (Å²) in [6, 6.07) is 12.7. The van der Waals surface area contributed by atoms with Crippen LogP contribution < -0.4 is 10.1 Å². The number of hydrogen-bond acceptors (Lipinski definition) is 3. The molecule has 136 valence electrons. The Bertz CT molecular complexity index is 840. The van der Waals surface area contributed by atoms with Crippen LogP contribution in [0.25, 0.3) is 11.3 Å². The molecule has 0 amide bonds. The average Bonchev–Trinajstić information content (AvgIpc) is 3.09. The van der Waals surface area contributed by atoms with E-state index >= 15 is 0 Å². The lowest BCUT2D eigenvalue weighted by molar-refractivity contribution is -0.137. The van der Waals surface area contributed by atoms with E-state index in [0.29, 0.717) is 19.1 Å². The summed E-state index contributed by atoms with van der Waals surface area (Å²) in [5.74, 6) is 1.35. The van der Waals surface area contributed by atoms with Gasteiger partial charge in [0.15, 0.2) is 0 Å². The first-order chi connectivity index (χ1) is 12.5. The first kappa shape index (κ1) is 17.8. The zero-order valence-electron chi connectivity index (χ0n) is 14.1. The molecule has 0 saturated heterocycles. The number of nitrogens with one attached hydrogen (secondary N) is 2. The number of nitrogens with zero attached hydrogens (tertiary/aromatic N) is 1. The molecule has 0 aliphatic heterocycles. The summed E-state index contributed by atoms with van der Waals surface area (Å²) >= 11 is 0. The van der Waals surface area contributed by atoms with Crippen LogP contribution in [0.4, 0.5) is 19.1 Å². The Hall–Kier alpha value is -2.96. The van der Waals surface area contributed by atoms with E-state index in [2.05, 4.69) is 15.3 Å². The molecule has 0 aliphatic carbocycles. The normalized spacial score (nSPS) is 11.4. The third-order valence-electron chi connectivity index (χ3n) is 3.79. The van der Waals surface area contributed by atoms with E-state index in [-0.39, 0.29) is 0 Å². The van der Waals surface area contributed by atoms with E-state index in [4.69, 9.17) is 4.74 Å². The van der Waals surface area contributed by atoms with Crippen LogP contribution in [-0.4, -0.2) is 16.6 Å². The fourth-order valence-corrected chi connectivity index (χ4v) is 2.45. The average molecular weight is 361 g/mol. The van der Waals surface area contributed by atoms with Gasteiger partial charge in [-0.3, -0.25) is 0 Å². The third-order valence-corrected chi connectivity index (χ3v) is 3.79. The molecule has 0 atom stereocenters. The van der Waals surface area contributed by atoms with Crippen molar-refractivity contribution in [2.24, 2.45) is 0 Å². The zero-order chi connectivity index (χ0) is 18.6. The molecule has 2 N–H and O–H groups in total. The van der Waals surface area contributed by atoms with E-state index in [1.807, 2.05) is 31.2 Å². The number of anilines is 1. The highest BCUT2D eigenvalue weighted by Crippen LogP contribution is 2.29. The van der Waals surface area contributed by atoms with Gasteiger partial charge in [-0.05, 0) is 54.4 Å². The molecule has 0 bridgehead atoms. The molecule has 0 saturated carbocycles. The summed E-state index contributed by atoms with van der Waals surface area (Å²) in [6.07, 6.45) is -2.62. The molecule has 0 radical (unpaired) electrons. The van der Waals surface area contributed by atoms with Gasteiger partial charge in [0, 0.05) is 6.54 Å². The van der Waals surface area contributed by atoms with Gasteiger partial charge in [0.25, 0.3) is 0 Å². The van der Waals surface area contributed by atoms with Crippen molar-refractivity contribution in [3.63, 3.8) is 0 Å². The van der Waals surface area contributed by atoms with Crippen molar-refractivity contribution in [3.8, 4) is 17.0 Å². The second kappa shape index (κ2) is 7.51. The van der Waals surface area contributed by atoms with Crippen molar-refractivity contribution in [1.82, 2.24) is 9.97 Å². The summed E-state index contributed by atoms with van der Waals surface area (Å²) in [7, 11) is 0. The van der Waals surface area contributed by atoms with Crippen molar-refractivity contribution in [3.05, 3.63) is 65.9 Å². The Morgan fingerprint density at radius 2 is 1.73 bits per heavy atom. The molecule has 3 aromatic rings. The number of ether oxygens (including phenoxy) is 1. The lowest BCUT2D eigenvalue weighted by Gasteiger charge is -2.08. The molecule has 4 nitrogen and oxygen atoms in total. The minimum atomic E-state index is -4.32. The second-order valence-corrected chi connectivity index (χ2v) is 5.65. The number of halogens is 3. The minimum absolute atomic E-state index is 0.369. The van der Waals surface area contributed by atoms with E-state index in [9.17, 15) is 13.2 Å². The van der Waals surface area contributed by atoms with Gasteiger partial charge in [0.05, 0.1) is 24.1 Å². The van der Waals surface area contributed by atoms with E-state index < -0.39 is 11.7 Å². The number of aromatic amines is 1. The number of imidazole rings is 1. The van der Waals surface area contributed by atoms with Gasteiger partial charge < -0.3 is 15.0 Å². The molecule has 0 unspecified atom stereocenters. The highest BCUT2D eigenvalue weighted by Gasteiger charge is 2.29. The van der Waals surface area contributed by atoms with Crippen LogP contribution in [0, 0.1) is 0 Å². The Balaban J connectivity index is 1.61. The molecule has 3 rings (SSSR count). The van der Waals surface area contributed by atoms with Crippen LogP contribution in [0.2, 0.25) is 0 Å². The van der Waals surface area contributed by atoms with Crippen LogP contribution in [0.3, 0.4) is 0 Å². The van der Waals surface area contributed by atoms with Crippen molar-refractivity contribution >= 4 is 5.95 Å². The molecule has 1 aromatic heterocycles. The van der Waals surface area contributed by atoms with Gasteiger partial charge in [-0.25, -0.2) is 4.98 Å². The van der Waals surface area contributed by atoms with Gasteiger partial charge in [0.2, 0.25) is 5.95 Å². The van der Waals surface area contributed by atoms with Gasteiger partial charge in [-0.1, -0.05) is 12.1 Å². The second-order valence-electron chi connectivity index (χ2n) is 5.65. The van der Waals surface area contributed by atoms with Crippen molar-refractivity contribution in [1.29, 1.82) is 0 Å². The van der Waals surface area contributed by atoms with E-state index in [0.717, 1.165) is 34.7 Å². The van der Waals surface area contributed by atoms with E-state index in [1.54, 1.807) is 6.20 Å². The van der Waals surface area contributed by atoms with Crippen LogP contribution >= 0.6 is 0 Å². The molecule has 0 fully saturated rings. The van der Waals surface area contributed by atoms with Crippen molar-refractivity contribution in [2.45, 2.75) is 19.6 Å². The smallest absolute Gasteiger partial charge is 0.416 e. The Kier molecular flexibility index (Phi) is 5.16. The summed E-state index contributed by atoms with van der Waals surface area (Å²) in [6.45, 7) is 2.91. The molecule has 0 spiro atoms. The monoisotopic (exact) mass is 361 g/mol. The fraction of sp³-hybridized carbons (Fsp3) is 0.211. The number of alkyl halides is 3. The largest absolute Gasteiger partial charge is 0.494 e. The predicted molar refractivity (Wildman–Crippen MR) is 94.0 cm³/mol. The molecular weight excluding hydrogens is 343 g/mol. The maximum atomic E-state index is 12.6. The van der Waals surface area contributed by atoms with Crippen LogP contribution in [0.1, 0.15) is 18.1 Å². The Morgan fingerprint density at radius 3 is 2.35 bits per heavy atom. The number of H-pyrrole nitrogens is 1. The first-order valence-corrected chi connectivity index (χ1v) is 8.14. The fourth-order valence-electron chi connectivity index (χ4n) is 2.45. The highest BCUT2D eigenvalue weighted by molar-refractivity contribution is 5.61. The Morgan fingerprint density at radius 1 is 1.04 bits per heavy atom. The predicted octanol–water partition coefficient (Wildman–Crippen LogP) is 5.11. The third kappa shape index (κ3) is 4.36. The Labute approximate surface area is 149 Å². The quantitative estimate of drug-likeness (QED) is 0.642. The zero-order valence-corrected chi connectivity index (χ0v) is 14.1. The number of aromatic nitrogens is 2. The standard InChI is InChI=1S/C19H18F3N3O/c1-2-26-16-9-5-14(6-10-16)17-12-24-18(25-17)23-11-13-3-7-15(8-4-13)19(20,21)22/h3-10,12H,2,11H2,1H3,(H2,23,24,25). The van der Waals surface area contributed by atoms with Gasteiger partial charge in [-0.2, -0.15) is 13.2 Å². The SMILES string of the molecule is CCOc1ccc(-c2cnc(NCc3ccc(C(F)(F)F)cc3)[nH]2)cc1. The van der Waals surface area contributed by atoms with Gasteiger partial charge >= 0.3 is 6.18 Å². The summed E-state index contributed by atoms with van der Waals surface area (Å²) in [4.78, 5) is 7.39. The lowest BCUT2D eigenvalue weighted by atomic mass is 10.1. The van der Waals surface area contributed by atoms with Crippen LogP contribution in [0.15, 0.2) is 54.7 Å². The summed E-state index contributed by atoms with van der Waals surface area (Å²) < 4.78 is 43.1. The molecule has 7 heteroatoms. The van der Waals surface area contributed by atoms with Crippen molar-refractivity contribution in [2.75, 3.05) is 11.9 Å². The topological polar surface area (TPSA) is 49.9 Å². The van der Waals surface area contributed by atoms with Gasteiger partial charge in [-0.15, -0.1) is 0 Å². The maximum absolute atomic E-state index is 12.6. The molecule has 1 heterocycles. The lowest BCUT2D eigenvalue weighted by Crippen LogP contribution is -2.06. The molecule has 2 aromatic carbocycles. The number of benzene rings is 2.